The first-order valence-electron chi connectivity index (χ1n) is 12.8. The zero-order valence-corrected chi connectivity index (χ0v) is 18.7. The second-order valence-electron chi connectivity index (χ2n) is 11.5. The van der Waals surface area contributed by atoms with Gasteiger partial charge in [-0.1, -0.05) is 30.5 Å². The van der Waals surface area contributed by atoms with Crippen molar-refractivity contribution in [3.05, 3.63) is 23.3 Å². The van der Waals surface area contributed by atoms with Gasteiger partial charge in [0.1, 0.15) is 6.10 Å². The zero-order chi connectivity index (χ0) is 21.7. The van der Waals surface area contributed by atoms with Crippen LogP contribution in [0, 0.1) is 17.8 Å². The molecule has 1 aromatic rings. The van der Waals surface area contributed by atoms with Crippen LogP contribution in [-0.4, -0.2) is 56.9 Å². The number of oxime groups is 1. The molecule has 7 rings (SSSR count). The van der Waals surface area contributed by atoms with E-state index in [2.05, 4.69) is 16.1 Å². The van der Waals surface area contributed by atoms with E-state index in [9.17, 15) is 15.4 Å². The maximum Gasteiger partial charge on any atom is 0.165 e. The van der Waals surface area contributed by atoms with Gasteiger partial charge in [-0.05, 0) is 68.5 Å². The molecule has 3 N–H and O–H groups in total. The third-order valence-corrected chi connectivity index (χ3v) is 10.0. The largest absolute Gasteiger partial charge is 0.504 e. The second kappa shape index (κ2) is 6.63. The normalized spacial score (nSPS) is 42.0. The van der Waals surface area contributed by atoms with Gasteiger partial charge in [0.2, 0.25) is 0 Å². The monoisotopic (exact) mass is 438 g/mol. The lowest BCUT2D eigenvalue weighted by Crippen LogP contribution is -2.78. The molecular formula is C26H34N2O4. The highest BCUT2D eigenvalue weighted by Crippen LogP contribution is 2.67. The predicted octanol–water partition coefficient (Wildman–Crippen LogP) is 3.59. The predicted molar refractivity (Wildman–Crippen MR) is 119 cm³/mol. The topological polar surface area (TPSA) is 85.5 Å². The molecule has 3 saturated carbocycles. The van der Waals surface area contributed by atoms with Gasteiger partial charge in [0.05, 0.1) is 16.7 Å². The summed E-state index contributed by atoms with van der Waals surface area (Å²) >= 11 is 0. The van der Waals surface area contributed by atoms with E-state index in [0.29, 0.717) is 23.8 Å². The van der Waals surface area contributed by atoms with Crippen LogP contribution < -0.4 is 4.74 Å². The van der Waals surface area contributed by atoms with E-state index >= 15 is 0 Å². The number of ether oxygens (including phenoxy) is 1. The number of likely N-dealkylation sites (tertiary alicyclic amines) is 1. The number of benzene rings is 1. The fraction of sp³-hybridized carbons (Fsp3) is 0.731. The summed E-state index contributed by atoms with van der Waals surface area (Å²) in [5, 5.41) is 37.4. The molecule has 6 nitrogen and oxygen atoms in total. The lowest BCUT2D eigenvalue weighted by Gasteiger charge is -2.64. The second-order valence-corrected chi connectivity index (χ2v) is 11.5. The number of hydrogen-bond acceptors (Lipinski definition) is 6. The summed E-state index contributed by atoms with van der Waals surface area (Å²) in [6, 6.07) is 3.82. The van der Waals surface area contributed by atoms with Gasteiger partial charge in [-0.15, -0.1) is 0 Å². The molecule has 0 aromatic heterocycles. The number of aliphatic hydroxyl groups is 1. The summed E-state index contributed by atoms with van der Waals surface area (Å²) < 4.78 is 6.68. The van der Waals surface area contributed by atoms with Crippen molar-refractivity contribution in [2.45, 2.75) is 87.4 Å². The molecule has 0 radical (unpaired) electrons. The van der Waals surface area contributed by atoms with E-state index in [0.717, 1.165) is 50.3 Å². The third-order valence-electron chi connectivity index (χ3n) is 10.0. The van der Waals surface area contributed by atoms with Crippen molar-refractivity contribution in [3.8, 4) is 11.5 Å². The number of rotatable bonds is 3. The Morgan fingerprint density at radius 2 is 1.94 bits per heavy atom. The van der Waals surface area contributed by atoms with Crippen molar-refractivity contribution in [1.29, 1.82) is 0 Å². The van der Waals surface area contributed by atoms with Crippen molar-refractivity contribution >= 4 is 5.71 Å². The molecule has 6 heteroatoms. The maximum absolute atomic E-state index is 12.6. The van der Waals surface area contributed by atoms with Crippen molar-refractivity contribution in [2.75, 3.05) is 13.1 Å². The molecular weight excluding hydrogens is 404 g/mol. The van der Waals surface area contributed by atoms with Crippen molar-refractivity contribution in [2.24, 2.45) is 22.9 Å². The van der Waals surface area contributed by atoms with Crippen LogP contribution in [0.25, 0.3) is 0 Å². The van der Waals surface area contributed by atoms with Crippen LogP contribution in [-0.2, 0) is 11.8 Å². The van der Waals surface area contributed by atoms with E-state index in [1.54, 1.807) is 6.07 Å². The molecule has 2 heterocycles. The van der Waals surface area contributed by atoms with Crippen LogP contribution in [0.5, 0.6) is 11.5 Å². The molecule has 5 atom stereocenters. The van der Waals surface area contributed by atoms with Crippen LogP contribution >= 0.6 is 0 Å². The van der Waals surface area contributed by atoms with Crippen molar-refractivity contribution in [1.82, 2.24) is 4.90 Å². The minimum Gasteiger partial charge on any atom is -0.504 e. The standard InChI is InChI=1S/C26H34N2O4/c29-19-9-8-17-12-20-26(30)13-18(27-31)21(16-4-2-1-3-5-16)24-25(26,22(17)23(19)32-24)10-11-28(20)14-15-6-7-15/h8-9,15-16,20-21,24,29-31H,1-7,10-14H2/t20-,21?,24+,25+,26-/m1/s1. The fourth-order valence-electron chi connectivity index (χ4n) is 8.48. The lowest BCUT2D eigenvalue weighted by atomic mass is 9.45. The number of phenols is 1. The average molecular weight is 439 g/mol. The van der Waals surface area contributed by atoms with Gasteiger partial charge >= 0.3 is 0 Å². The number of piperidine rings is 1. The molecule has 2 bridgehead atoms. The van der Waals surface area contributed by atoms with Gasteiger partial charge in [0, 0.05) is 30.5 Å². The first-order valence-corrected chi connectivity index (χ1v) is 12.8. The molecule has 0 amide bonds. The molecule has 1 aromatic carbocycles. The van der Waals surface area contributed by atoms with Gasteiger partial charge < -0.3 is 20.2 Å². The highest BCUT2D eigenvalue weighted by atomic mass is 16.5. The summed E-state index contributed by atoms with van der Waals surface area (Å²) in [7, 11) is 0. The van der Waals surface area contributed by atoms with Crippen LogP contribution in [0.4, 0.5) is 0 Å². The van der Waals surface area contributed by atoms with E-state index in [1.807, 2.05) is 0 Å². The summed E-state index contributed by atoms with van der Waals surface area (Å²) in [4.78, 5) is 2.52. The molecule has 1 saturated heterocycles. The zero-order valence-electron chi connectivity index (χ0n) is 18.7. The van der Waals surface area contributed by atoms with Crippen LogP contribution in [0.2, 0.25) is 0 Å². The smallest absolute Gasteiger partial charge is 0.165 e. The number of nitrogens with zero attached hydrogens (tertiary/aromatic N) is 2. The minimum atomic E-state index is -1.04. The van der Waals surface area contributed by atoms with Gasteiger partial charge in [0.25, 0.3) is 0 Å². The summed E-state index contributed by atoms with van der Waals surface area (Å²) in [6.07, 6.45) is 10.2. The Hall–Kier alpha value is -1.79. The van der Waals surface area contributed by atoms with Crippen molar-refractivity contribution < 1.29 is 20.2 Å². The minimum absolute atomic E-state index is 0.00463. The molecule has 1 spiro atoms. The average Bonchev–Trinajstić information content (AvgIpc) is 3.54. The Labute approximate surface area is 189 Å². The van der Waals surface area contributed by atoms with E-state index in [1.165, 1.54) is 37.7 Å². The molecule has 1 unspecified atom stereocenters. The molecule has 2 aliphatic heterocycles. The summed E-state index contributed by atoms with van der Waals surface area (Å²) in [5.41, 5.74) is 1.43. The van der Waals surface area contributed by atoms with Gasteiger partial charge in [-0.3, -0.25) is 4.90 Å². The highest BCUT2D eigenvalue weighted by Gasteiger charge is 2.74. The number of phenolic OH excluding ortho intramolecular Hbond substituents is 1. The summed E-state index contributed by atoms with van der Waals surface area (Å²) in [5.74, 6) is 1.92. The summed E-state index contributed by atoms with van der Waals surface area (Å²) in [6.45, 7) is 2.01. The SMILES string of the molecule is ON=C1C[C@@]2(O)[C@H]3Cc4ccc(O)c5c4[C@@]2(CCN3CC2CC2)[C@@H](O5)C1C1CCCCC1. The van der Waals surface area contributed by atoms with Crippen LogP contribution in [0.15, 0.2) is 17.3 Å². The van der Waals surface area contributed by atoms with Crippen molar-refractivity contribution in [3.63, 3.8) is 0 Å². The quantitative estimate of drug-likeness (QED) is 0.496. The first-order chi connectivity index (χ1) is 15.6. The Morgan fingerprint density at radius 3 is 2.69 bits per heavy atom. The van der Waals surface area contributed by atoms with E-state index in [-0.39, 0.29) is 23.8 Å². The Balaban J connectivity index is 1.41. The number of aromatic hydroxyl groups is 1. The molecule has 32 heavy (non-hydrogen) atoms. The Morgan fingerprint density at radius 1 is 1.12 bits per heavy atom. The van der Waals surface area contributed by atoms with Crippen LogP contribution in [0.1, 0.15) is 68.9 Å². The fourth-order valence-corrected chi connectivity index (χ4v) is 8.48. The molecule has 6 aliphatic rings. The van der Waals surface area contributed by atoms with Gasteiger partial charge in [-0.25, -0.2) is 0 Å². The van der Waals surface area contributed by atoms with E-state index in [4.69, 9.17) is 4.74 Å². The maximum atomic E-state index is 12.6. The lowest BCUT2D eigenvalue weighted by molar-refractivity contribution is -0.179. The Bertz CT molecular complexity index is 984. The Kier molecular flexibility index (Phi) is 4.07. The molecule has 4 aliphatic carbocycles. The molecule has 172 valence electrons. The van der Waals surface area contributed by atoms with Gasteiger partial charge in [-0.2, -0.15) is 0 Å². The van der Waals surface area contributed by atoms with Crippen LogP contribution in [0.3, 0.4) is 0 Å². The number of hydrogen-bond donors (Lipinski definition) is 3. The first kappa shape index (κ1) is 19.7. The van der Waals surface area contributed by atoms with Gasteiger partial charge in [0.15, 0.2) is 11.5 Å². The highest BCUT2D eigenvalue weighted by molar-refractivity contribution is 5.91. The van der Waals surface area contributed by atoms with E-state index < -0.39 is 11.0 Å². The molecule has 4 fully saturated rings. The third kappa shape index (κ3) is 2.35.